The highest BCUT2D eigenvalue weighted by atomic mass is 79.9. The molecule has 2 aromatic carbocycles. The van der Waals surface area contributed by atoms with Crippen molar-refractivity contribution < 1.29 is 29.6 Å². The van der Waals surface area contributed by atoms with Crippen LogP contribution in [0.3, 0.4) is 0 Å². The van der Waals surface area contributed by atoms with E-state index in [1.165, 1.54) is 10.5 Å². The van der Waals surface area contributed by atoms with Crippen LogP contribution in [0.2, 0.25) is 0 Å². The number of allylic oxidation sites excluding steroid dienone is 1. The molecule has 3 N–H and O–H groups in total. The molecule has 0 aromatic heterocycles. The van der Waals surface area contributed by atoms with E-state index in [1.54, 1.807) is 19.2 Å². The molecule has 2 saturated heterocycles. The van der Waals surface area contributed by atoms with Gasteiger partial charge in [0.15, 0.2) is 0 Å². The number of hydrogen-bond donors (Lipinski definition) is 3. The fourth-order valence-corrected chi connectivity index (χ4v) is 7.70. The number of halogens is 1. The van der Waals surface area contributed by atoms with Crippen molar-refractivity contribution in [1.29, 1.82) is 0 Å². The van der Waals surface area contributed by atoms with Crippen LogP contribution in [-0.2, 0) is 20.9 Å². The van der Waals surface area contributed by atoms with E-state index in [2.05, 4.69) is 33.0 Å². The van der Waals surface area contributed by atoms with Gasteiger partial charge >= 0.3 is 0 Å². The number of fused-ring (bicyclic) bond motifs is 1. The lowest BCUT2D eigenvalue weighted by molar-refractivity contribution is -0.144. The minimum absolute atomic E-state index is 0.158. The van der Waals surface area contributed by atoms with Crippen molar-refractivity contribution in [2.45, 2.75) is 57.7 Å². The Bertz CT molecular complexity index is 1400. The van der Waals surface area contributed by atoms with Crippen LogP contribution in [0.5, 0.6) is 5.75 Å². The number of benzene rings is 2. The summed E-state index contributed by atoms with van der Waals surface area (Å²) in [4.78, 5) is 31.6. The van der Waals surface area contributed by atoms with Crippen LogP contribution in [0.25, 0.3) is 6.08 Å². The maximum atomic E-state index is 14.0. The summed E-state index contributed by atoms with van der Waals surface area (Å²) < 4.78 is 6.34. The number of carbonyl (C=O) groups excluding carboxylic acids is 2. The molecule has 0 bridgehead atoms. The molecular weight excluding hydrogens is 624 g/mol. The second-order valence-corrected chi connectivity index (χ2v) is 13.3. The van der Waals surface area contributed by atoms with Crippen LogP contribution in [0, 0.1) is 17.8 Å². The van der Waals surface area contributed by atoms with Crippen LogP contribution >= 0.6 is 15.9 Å². The normalized spacial score (nSPS) is 24.2. The van der Waals surface area contributed by atoms with E-state index in [1.807, 2.05) is 37.3 Å². The van der Waals surface area contributed by atoms with Crippen molar-refractivity contribution in [2.24, 2.45) is 17.8 Å². The molecule has 2 fully saturated rings. The molecule has 2 aromatic rings. The predicted molar refractivity (Wildman–Crippen MR) is 172 cm³/mol. The zero-order valence-corrected chi connectivity index (χ0v) is 27.1. The van der Waals surface area contributed by atoms with Gasteiger partial charge in [-0.25, -0.2) is 0 Å². The van der Waals surface area contributed by atoms with Crippen molar-refractivity contribution in [3.05, 3.63) is 80.8 Å². The number of aromatic hydroxyl groups is 1. The van der Waals surface area contributed by atoms with Gasteiger partial charge in [-0.3, -0.25) is 19.4 Å². The summed E-state index contributed by atoms with van der Waals surface area (Å²) in [6.45, 7) is 4.29. The summed E-state index contributed by atoms with van der Waals surface area (Å²) >= 11 is 3.43. The van der Waals surface area contributed by atoms with Gasteiger partial charge in [0, 0.05) is 48.7 Å². The maximum Gasteiger partial charge on any atom is 0.234 e. The van der Waals surface area contributed by atoms with Crippen molar-refractivity contribution in [2.75, 3.05) is 33.4 Å². The first-order valence-electron chi connectivity index (χ1n) is 15.5. The van der Waals surface area contributed by atoms with E-state index in [0.717, 1.165) is 48.1 Å². The first-order chi connectivity index (χ1) is 21.2. The molecule has 9 heteroatoms. The van der Waals surface area contributed by atoms with Crippen molar-refractivity contribution in [3.8, 4) is 5.75 Å². The van der Waals surface area contributed by atoms with Gasteiger partial charge in [0.2, 0.25) is 11.8 Å². The molecule has 2 aliphatic heterocycles. The molecule has 44 heavy (non-hydrogen) atoms. The zero-order chi connectivity index (χ0) is 31.4. The van der Waals surface area contributed by atoms with E-state index >= 15 is 0 Å². The third-order valence-corrected chi connectivity index (χ3v) is 9.96. The predicted octanol–water partition coefficient (Wildman–Crippen LogP) is 4.92. The third-order valence-electron chi connectivity index (χ3n) is 9.47. The van der Waals surface area contributed by atoms with E-state index in [4.69, 9.17) is 4.74 Å². The van der Waals surface area contributed by atoms with Gasteiger partial charge in [-0.2, -0.15) is 0 Å². The molecule has 236 valence electrons. The summed E-state index contributed by atoms with van der Waals surface area (Å²) in [5.41, 5.74) is 4.33. The molecule has 3 aliphatic rings. The summed E-state index contributed by atoms with van der Waals surface area (Å²) in [7, 11) is 1.57. The van der Waals surface area contributed by atoms with E-state index in [0.29, 0.717) is 30.4 Å². The Hall–Kier alpha value is -2.82. The highest BCUT2D eigenvalue weighted by molar-refractivity contribution is 9.10. The maximum absolute atomic E-state index is 14.0. The highest BCUT2D eigenvalue weighted by Gasteiger charge is 2.56. The summed E-state index contributed by atoms with van der Waals surface area (Å²) in [5, 5.41) is 32.3. The Kier molecular flexibility index (Phi) is 10.7. The molecule has 0 saturated carbocycles. The summed E-state index contributed by atoms with van der Waals surface area (Å²) in [6, 6.07) is 15.4. The molecule has 2 heterocycles. The zero-order valence-electron chi connectivity index (χ0n) is 25.5. The van der Waals surface area contributed by atoms with Gasteiger partial charge < -0.3 is 20.1 Å². The van der Waals surface area contributed by atoms with Gasteiger partial charge in [0.25, 0.3) is 0 Å². The number of carbonyl (C=O) groups is 2. The van der Waals surface area contributed by atoms with Gasteiger partial charge in [0.05, 0.1) is 31.2 Å². The minimum Gasteiger partial charge on any atom is -0.507 e. The Morgan fingerprint density at radius 2 is 1.84 bits per heavy atom. The van der Waals surface area contributed by atoms with Crippen LogP contribution < -0.4 is 0 Å². The highest BCUT2D eigenvalue weighted by Crippen LogP contribution is 2.47. The van der Waals surface area contributed by atoms with Crippen molar-refractivity contribution >= 4 is 33.8 Å². The molecule has 2 amide bonds. The Morgan fingerprint density at radius 1 is 1.11 bits per heavy atom. The molecule has 0 radical (unpaired) electrons. The van der Waals surface area contributed by atoms with Gasteiger partial charge in [-0.1, -0.05) is 57.9 Å². The van der Waals surface area contributed by atoms with Crippen LogP contribution in [0.4, 0.5) is 0 Å². The SMILES string of the molecule is COCC1=C([C@H](O)CC/C(C)=C/c2cc(Br)ccc2O)[C@H](CO)[C@@H]2C(=O)N(C3CCN(Cc4ccccc4)CC3)C(=O)[C@@H]2C1. The van der Waals surface area contributed by atoms with Gasteiger partial charge in [0.1, 0.15) is 5.75 Å². The third kappa shape index (κ3) is 7.02. The fraction of sp³-hybridized carbons (Fsp3) is 0.486. The van der Waals surface area contributed by atoms with E-state index in [-0.39, 0.29) is 36.8 Å². The Morgan fingerprint density at radius 3 is 2.52 bits per heavy atom. The number of aliphatic hydroxyl groups excluding tert-OH is 2. The summed E-state index contributed by atoms with van der Waals surface area (Å²) in [5.74, 6) is -2.09. The van der Waals surface area contributed by atoms with Crippen LogP contribution in [-0.4, -0.2) is 82.5 Å². The number of phenolic OH excluding ortho intramolecular Hbond substituents is 1. The number of imide groups is 1. The second-order valence-electron chi connectivity index (χ2n) is 12.4. The number of likely N-dealkylation sites (tertiary alicyclic amines) is 2. The molecule has 0 spiro atoms. The lowest BCUT2D eigenvalue weighted by Crippen LogP contribution is -2.47. The first-order valence-corrected chi connectivity index (χ1v) is 16.3. The number of rotatable bonds is 11. The standard InChI is InChI=1S/C35H43BrN2O6/c1-22(16-24-17-26(36)9-11-30(24)40)8-10-31(41)32-25(21-44-2)18-28-33(29(32)20-39)35(43)38(34(28)42)27-12-14-37(15-13-27)19-23-6-4-3-5-7-23/h3-7,9,11,16-17,27-29,31,33,39-41H,8,10,12-15,18-21H2,1-2H3/b22-16+/t28-,29+,31-,33-/m1/s1. The number of piperidine rings is 1. The van der Waals surface area contributed by atoms with E-state index < -0.39 is 23.9 Å². The average molecular weight is 668 g/mol. The fourth-order valence-electron chi connectivity index (χ4n) is 7.33. The number of amides is 2. The molecular formula is C35H43BrN2O6. The van der Waals surface area contributed by atoms with Gasteiger partial charge in [-0.05, 0) is 73.9 Å². The van der Waals surface area contributed by atoms with Gasteiger partial charge in [-0.15, -0.1) is 0 Å². The summed E-state index contributed by atoms with van der Waals surface area (Å²) in [6.07, 6.45) is 3.69. The number of phenols is 1. The average Bonchev–Trinajstić information content (AvgIpc) is 3.27. The lowest BCUT2D eigenvalue weighted by atomic mass is 9.68. The minimum atomic E-state index is -0.907. The van der Waals surface area contributed by atoms with Crippen LogP contribution in [0.1, 0.15) is 50.2 Å². The Balaban J connectivity index is 1.29. The second kappa shape index (κ2) is 14.5. The lowest BCUT2D eigenvalue weighted by Gasteiger charge is -2.37. The first kappa shape index (κ1) is 32.6. The topological polar surface area (TPSA) is 111 Å². The largest absolute Gasteiger partial charge is 0.507 e. The molecule has 8 nitrogen and oxygen atoms in total. The number of methoxy groups -OCH3 is 1. The molecule has 1 aliphatic carbocycles. The molecule has 5 rings (SSSR count). The molecule has 4 atom stereocenters. The molecule has 0 unspecified atom stereocenters. The number of nitrogens with zero attached hydrogens (tertiary/aromatic N) is 2. The van der Waals surface area contributed by atoms with Crippen molar-refractivity contribution in [1.82, 2.24) is 9.80 Å². The quantitative estimate of drug-likeness (QED) is 0.231. The monoisotopic (exact) mass is 666 g/mol. The Labute approximate surface area is 268 Å². The van der Waals surface area contributed by atoms with Crippen LogP contribution in [0.15, 0.2) is 69.7 Å². The number of ether oxygens (including phenoxy) is 1. The number of aliphatic hydroxyl groups is 2. The number of hydrogen-bond acceptors (Lipinski definition) is 7. The smallest absolute Gasteiger partial charge is 0.234 e. The van der Waals surface area contributed by atoms with E-state index in [9.17, 15) is 24.9 Å². The van der Waals surface area contributed by atoms with Crippen molar-refractivity contribution in [3.63, 3.8) is 0 Å².